The normalized spacial score (nSPS) is 15.7. The predicted octanol–water partition coefficient (Wildman–Crippen LogP) is 1.81. The van der Waals surface area contributed by atoms with E-state index >= 15 is 0 Å². The lowest BCUT2D eigenvalue weighted by Crippen LogP contribution is -2.37. The second-order valence-electron chi connectivity index (χ2n) is 4.61. The van der Waals surface area contributed by atoms with Crippen molar-refractivity contribution >= 4 is 23.5 Å². The molecule has 1 aliphatic rings. The molecule has 1 aromatic rings. The van der Waals surface area contributed by atoms with Crippen LogP contribution in [0.15, 0.2) is 18.3 Å². The minimum absolute atomic E-state index is 0.0688. The van der Waals surface area contributed by atoms with E-state index in [4.69, 9.17) is 16.3 Å². The number of esters is 1. The molecule has 1 N–H and O–H groups in total. The predicted molar refractivity (Wildman–Crippen MR) is 69.9 cm³/mol. The molecule has 0 unspecified atom stereocenters. The Kier molecular flexibility index (Phi) is 4.37. The fourth-order valence-electron chi connectivity index (χ4n) is 1.76. The van der Waals surface area contributed by atoms with Gasteiger partial charge in [-0.1, -0.05) is 11.6 Å². The number of carbonyl (C=O) groups is 2. The molecule has 0 bridgehead atoms. The quantitative estimate of drug-likeness (QED) is 0.660. The van der Waals surface area contributed by atoms with Crippen molar-refractivity contribution in [3.8, 4) is 0 Å². The molecule has 1 aromatic heterocycles. The number of hydrogen-bond donors (Lipinski definition) is 1. The summed E-state index contributed by atoms with van der Waals surface area (Å²) in [6.45, 7) is 1.65. The summed E-state index contributed by atoms with van der Waals surface area (Å²) < 4.78 is 4.90. The number of nitrogens with zero attached hydrogens (tertiary/aromatic N) is 1. The molecule has 1 amide bonds. The highest BCUT2D eigenvalue weighted by molar-refractivity contribution is 6.32. The average Bonchev–Trinajstić information content (AvgIpc) is 3.20. The lowest BCUT2D eigenvalue weighted by atomic mass is 10.2. The first-order chi connectivity index (χ1) is 9.08. The molecule has 6 heteroatoms. The molecule has 0 radical (unpaired) electrons. The highest BCUT2D eigenvalue weighted by atomic mass is 35.5. The minimum atomic E-state index is -0.646. The van der Waals surface area contributed by atoms with Crippen LogP contribution in [0.3, 0.4) is 0 Å². The van der Waals surface area contributed by atoms with Crippen LogP contribution in [-0.2, 0) is 9.53 Å². The molecular weight excluding hydrogens is 268 g/mol. The Morgan fingerprint density at radius 1 is 1.58 bits per heavy atom. The maximum absolute atomic E-state index is 11.7. The van der Waals surface area contributed by atoms with Gasteiger partial charge in [0, 0.05) is 12.2 Å². The van der Waals surface area contributed by atoms with Crippen LogP contribution in [0.1, 0.15) is 30.1 Å². The van der Waals surface area contributed by atoms with Gasteiger partial charge in [0.2, 0.25) is 0 Å². The van der Waals surface area contributed by atoms with Crippen molar-refractivity contribution in [1.29, 1.82) is 0 Å². The number of halogens is 1. The summed E-state index contributed by atoms with van der Waals surface area (Å²) in [4.78, 5) is 27.0. The lowest BCUT2D eigenvalue weighted by Gasteiger charge is -2.12. The van der Waals surface area contributed by atoms with E-state index in [-0.39, 0.29) is 29.3 Å². The van der Waals surface area contributed by atoms with Crippen LogP contribution >= 0.6 is 11.6 Å². The van der Waals surface area contributed by atoms with E-state index in [2.05, 4.69) is 10.3 Å². The van der Waals surface area contributed by atoms with Gasteiger partial charge in [-0.3, -0.25) is 4.79 Å². The van der Waals surface area contributed by atoms with Crippen LogP contribution in [0.2, 0.25) is 5.15 Å². The Labute approximate surface area is 116 Å². The Morgan fingerprint density at radius 3 is 2.95 bits per heavy atom. The van der Waals surface area contributed by atoms with E-state index in [1.807, 2.05) is 6.92 Å². The highest BCUT2D eigenvalue weighted by Crippen LogP contribution is 2.32. The first-order valence-electron chi connectivity index (χ1n) is 6.15. The molecule has 5 nitrogen and oxygen atoms in total. The van der Waals surface area contributed by atoms with Gasteiger partial charge in [-0.05, 0) is 37.8 Å². The second kappa shape index (κ2) is 6.02. The maximum atomic E-state index is 11.7. The summed E-state index contributed by atoms with van der Waals surface area (Å²) in [5.41, 5.74) is 0.159. The van der Waals surface area contributed by atoms with Crippen LogP contribution in [0, 0.1) is 5.92 Å². The monoisotopic (exact) mass is 282 g/mol. The molecule has 102 valence electrons. The van der Waals surface area contributed by atoms with Crippen molar-refractivity contribution in [2.75, 3.05) is 6.61 Å². The number of nitrogens with one attached hydrogen (secondary N) is 1. The maximum Gasteiger partial charge on any atom is 0.341 e. The standard InChI is InChI=1S/C13H15ClN2O3/c1-8(9-4-5-9)16-11(17)7-19-13(18)10-3-2-6-15-12(10)14/h2-3,6,8-9H,4-5,7H2,1H3,(H,16,17)/t8-/m1/s1. The number of hydrogen-bond acceptors (Lipinski definition) is 4. The van der Waals surface area contributed by atoms with Crippen molar-refractivity contribution in [3.05, 3.63) is 29.0 Å². The van der Waals surface area contributed by atoms with Crippen LogP contribution in [0.4, 0.5) is 0 Å². The number of amides is 1. The Bertz CT molecular complexity index is 489. The van der Waals surface area contributed by atoms with Gasteiger partial charge in [-0.15, -0.1) is 0 Å². The molecule has 2 rings (SSSR count). The third kappa shape index (κ3) is 3.92. The molecule has 0 saturated heterocycles. The van der Waals surface area contributed by atoms with Crippen molar-refractivity contribution in [1.82, 2.24) is 10.3 Å². The Balaban J connectivity index is 1.80. The fraction of sp³-hybridized carbons (Fsp3) is 0.462. The van der Waals surface area contributed by atoms with Crippen molar-refractivity contribution < 1.29 is 14.3 Å². The zero-order valence-corrected chi connectivity index (χ0v) is 11.3. The van der Waals surface area contributed by atoms with Gasteiger partial charge in [0.25, 0.3) is 5.91 Å². The SMILES string of the molecule is C[C@@H](NC(=O)COC(=O)c1cccnc1Cl)C1CC1. The van der Waals surface area contributed by atoms with Crippen molar-refractivity contribution in [3.63, 3.8) is 0 Å². The zero-order chi connectivity index (χ0) is 13.8. The molecular formula is C13H15ClN2O3. The number of ether oxygens (including phenoxy) is 1. The van der Waals surface area contributed by atoms with Crippen LogP contribution in [0.25, 0.3) is 0 Å². The van der Waals surface area contributed by atoms with Crippen LogP contribution in [0.5, 0.6) is 0 Å². The summed E-state index contributed by atoms with van der Waals surface area (Å²) >= 11 is 5.76. The summed E-state index contributed by atoms with van der Waals surface area (Å²) in [6, 6.07) is 3.22. The minimum Gasteiger partial charge on any atom is -0.452 e. The molecule has 0 spiro atoms. The molecule has 1 fully saturated rings. The third-order valence-electron chi connectivity index (χ3n) is 3.03. The molecule has 1 saturated carbocycles. The second-order valence-corrected chi connectivity index (χ2v) is 4.97. The topological polar surface area (TPSA) is 68.3 Å². The average molecular weight is 283 g/mol. The first-order valence-corrected chi connectivity index (χ1v) is 6.52. The van der Waals surface area contributed by atoms with Crippen molar-refractivity contribution in [2.24, 2.45) is 5.92 Å². The van der Waals surface area contributed by atoms with Crippen LogP contribution in [-0.4, -0.2) is 29.5 Å². The van der Waals surface area contributed by atoms with Gasteiger partial charge in [-0.25, -0.2) is 9.78 Å². The molecule has 19 heavy (non-hydrogen) atoms. The van der Waals surface area contributed by atoms with Gasteiger partial charge in [-0.2, -0.15) is 0 Å². The van der Waals surface area contributed by atoms with E-state index in [1.54, 1.807) is 6.07 Å². The van der Waals surface area contributed by atoms with E-state index in [1.165, 1.54) is 12.3 Å². The largest absolute Gasteiger partial charge is 0.452 e. The molecule has 1 aliphatic carbocycles. The van der Waals surface area contributed by atoms with E-state index in [9.17, 15) is 9.59 Å². The molecule has 0 aromatic carbocycles. The summed E-state index contributed by atoms with van der Waals surface area (Å²) in [6.07, 6.45) is 3.77. The van der Waals surface area contributed by atoms with Crippen LogP contribution < -0.4 is 5.32 Å². The molecule has 0 aliphatic heterocycles. The molecule has 1 atom stereocenters. The highest BCUT2D eigenvalue weighted by Gasteiger charge is 2.29. The van der Waals surface area contributed by atoms with Crippen molar-refractivity contribution in [2.45, 2.75) is 25.8 Å². The summed E-state index contributed by atoms with van der Waals surface area (Å²) in [5.74, 6) is -0.382. The summed E-state index contributed by atoms with van der Waals surface area (Å²) in [7, 11) is 0. The number of aromatic nitrogens is 1. The first kappa shape index (κ1) is 13.8. The smallest absolute Gasteiger partial charge is 0.341 e. The van der Waals surface area contributed by atoms with Gasteiger partial charge < -0.3 is 10.1 Å². The number of pyridine rings is 1. The van der Waals surface area contributed by atoms with Gasteiger partial charge in [0.1, 0.15) is 5.15 Å². The van der Waals surface area contributed by atoms with E-state index in [0.717, 1.165) is 12.8 Å². The zero-order valence-electron chi connectivity index (χ0n) is 10.6. The summed E-state index contributed by atoms with van der Waals surface area (Å²) in [5, 5.41) is 2.87. The lowest BCUT2D eigenvalue weighted by molar-refractivity contribution is -0.124. The molecule has 1 heterocycles. The number of carbonyl (C=O) groups excluding carboxylic acids is 2. The number of rotatable bonds is 5. The third-order valence-corrected chi connectivity index (χ3v) is 3.33. The van der Waals surface area contributed by atoms with E-state index in [0.29, 0.717) is 5.92 Å². The Hall–Kier alpha value is -1.62. The fourth-order valence-corrected chi connectivity index (χ4v) is 1.95. The Morgan fingerprint density at radius 2 is 2.32 bits per heavy atom. The van der Waals surface area contributed by atoms with E-state index < -0.39 is 5.97 Å². The van der Waals surface area contributed by atoms with Gasteiger partial charge in [0.05, 0.1) is 5.56 Å². The van der Waals surface area contributed by atoms with Gasteiger partial charge in [0.15, 0.2) is 6.61 Å². The van der Waals surface area contributed by atoms with Gasteiger partial charge >= 0.3 is 5.97 Å².